The van der Waals surface area contributed by atoms with Gasteiger partial charge in [0.25, 0.3) is 0 Å². The molecule has 0 saturated carbocycles. The Kier molecular flexibility index (Phi) is 9.54. The van der Waals surface area contributed by atoms with Crippen molar-refractivity contribution in [1.29, 1.82) is 0 Å². The van der Waals surface area contributed by atoms with E-state index in [1.54, 1.807) is 0 Å². The first-order valence-corrected chi connectivity index (χ1v) is 8.48. The fourth-order valence-corrected chi connectivity index (χ4v) is 2.94. The van der Waals surface area contributed by atoms with Gasteiger partial charge in [-0.1, -0.05) is 58.3 Å². The van der Waals surface area contributed by atoms with E-state index in [0.717, 1.165) is 12.5 Å². The van der Waals surface area contributed by atoms with E-state index in [1.165, 1.54) is 70.8 Å². The van der Waals surface area contributed by atoms with Gasteiger partial charge in [-0.15, -0.1) is 0 Å². The van der Waals surface area contributed by atoms with Gasteiger partial charge in [0.05, 0.1) is 12.7 Å². The maximum atomic E-state index is 5.38. The van der Waals surface area contributed by atoms with Crippen LogP contribution in [0.3, 0.4) is 0 Å². The number of rotatable bonds is 13. The smallest absolute Gasteiger partial charge is 0.0813 e. The number of hydrogen-bond acceptors (Lipinski definition) is 2. The second-order valence-corrected chi connectivity index (χ2v) is 6.58. The van der Waals surface area contributed by atoms with Gasteiger partial charge in [0.15, 0.2) is 0 Å². The maximum Gasteiger partial charge on any atom is 0.0813 e. The van der Waals surface area contributed by atoms with Crippen molar-refractivity contribution >= 4 is 0 Å². The van der Waals surface area contributed by atoms with E-state index in [-0.39, 0.29) is 0 Å². The molecule has 2 nitrogen and oxygen atoms in total. The van der Waals surface area contributed by atoms with Crippen molar-refractivity contribution < 1.29 is 4.74 Å². The van der Waals surface area contributed by atoms with E-state index in [9.17, 15) is 0 Å². The van der Waals surface area contributed by atoms with E-state index in [1.807, 2.05) is 0 Å². The predicted molar refractivity (Wildman–Crippen MR) is 83.6 cm³/mol. The maximum absolute atomic E-state index is 5.38. The minimum absolute atomic E-state index is 0.596. The molecule has 1 fully saturated rings. The Bertz CT molecular complexity index is 197. The summed E-state index contributed by atoms with van der Waals surface area (Å²) in [7, 11) is 4.38. The number of unbranched alkanes of at least 4 members (excludes halogenated alkanes) is 7. The Morgan fingerprint density at radius 1 is 1.00 bits per heavy atom. The molecule has 0 amide bonds. The first kappa shape index (κ1) is 17.0. The molecular weight excluding hydrogens is 234 g/mol. The molecule has 0 bridgehead atoms. The van der Waals surface area contributed by atoms with Crippen LogP contribution in [0.1, 0.15) is 71.1 Å². The quantitative estimate of drug-likeness (QED) is 0.362. The highest BCUT2D eigenvalue weighted by molar-refractivity contribution is 4.75. The molecule has 1 saturated heterocycles. The van der Waals surface area contributed by atoms with E-state index in [4.69, 9.17) is 4.74 Å². The first-order valence-electron chi connectivity index (χ1n) is 8.48. The molecule has 0 N–H and O–H groups in total. The van der Waals surface area contributed by atoms with Crippen molar-refractivity contribution in [1.82, 2.24) is 4.90 Å². The van der Waals surface area contributed by atoms with Crippen LogP contribution >= 0.6 is 0 Å². The Hall–Kier alpha value is -0.0800. The molecule has 2 heteroatoms. The van der Waals surface area contributed by atoms with Crippen molar-refractivity contribution in [3.8, 4) is 0 Å². The van der Waals surface area contributed by atoms with Crippen LogP contribution in [-0.2, 0) is 4.74 Å². The van der Waals surface area contributed by atoms with E-state index in [2.05, 4.69) is 25.9 Å². The topological polar surface area (TPSA) is 15.8 Å². The Morgan fingerprint density at radius 3 is 2.11 bits per heavy atom. The summed E-state index contributed by atoms with van der Waals surface area (Å²) in [6.07, 6.45) is 14.7. The summed E-state index contributed by atoms with van der Waals surface area (Å²) in [5.74, 6) is 0.850. The van der Waals surface area contributed by atoms with E-state index in [0.29, 0.717) is 6.10 Å². The predicted octanol–water partition coefficient (Wildman–Crippen LogP) is 4.48. The van der Waals surface area contributed by atoms with Crippen molar-refractivity contribution in [2.24, 2.45) is 5.92 Å². The molecule has 114 valence electrons. The van der Waals surface area contributed by atoms with Gasteiger partial charge in [0.2, 0.25) is 0 Å². The number of hydrogen-bond donors (Lipinski definition) is 0. The lowest BCUT2D eigenvalue weighted by Gasteiger charge is -2.20. The summed E-state index contributed by atoms with van der Waals surface area (Å²) >= 11 is 0. The van der Waals surface area contributed by atoms with Crippen LogP contribution in [0.25, 0.3) is 0 Å². The number of nitrogens with zero attached hydrogens (tertiary/aromatic N) is 1. The number of epoxide rings is 1. The molecule has 0 aromatic carbocycles. The molecule has 1 rings (SSSR count). The normalized spacial score (nSPS) is 19.9. The van der Waals surface area contributed by atoms with Crippen LogP contribution in [0.15, 0.2) is 0 Å². The molecule has 2 atom stereocenters. The zero-order chi connectivity index (χ0) is 13.9. The van der Waals surface area contributed by atoms with Crippen molar-refractivity contribution in [3.63, 3.8) is 0 Å². The van der Waals surface area contributed by atoms with Gasteiger partial charge in [-0.2, -0.15) is 0 Å². The molecule has 19 heavy (non-hydrogen) atoms. The van der Waals surface area contributed by atoms with E-state index < -0.39 is 0 Å². The summed E-state index contributed by atoms with van der Waals surface area (Å²) in [6.45, 7) is 4.53. The van der Waals surface area contributed by atoms with Gasteiger partial charge in [-0.25, -0.2) is 0 Å². The average Bonchev–Trinajstić information content (AvgIpc) is 3.15. The zero-order valence-electron chi connectivity index (χ0n) is 13.5. The minimum atomic E-state index is 0.596. The molecule has 0 aromatic heterocycles. The zero-order valence-corrected chi connectivity index (χ0v) is 13.5. The molecule has 1 aliphatic heterocycles. The van der Waals surface area contributed by atoms with Crippen LogP contribution < -0.4 is 0 Å². The lowest BCUT2D eigenvalue weighted by molar-refractivity contribution is 0.266. The molecule has 0 spiro atoms. The van der Waals surface area contributed by atoms with Crippen molar-refractivity contribution in [3.05, 3.63) is 0 Å². The highest BCUT2D eigenvalue weighted by Crippen LogP contribution is 2.24. The Morgan fingerprint density at radius 2 is 1.58 bits per heavy atom. The molecule has 0 aromatic rings. The fourth-order valence-electron chi connectivity index (χ4n) is 2.94. The molecule has 0 aliphatic carbocycles. The van der Waals surface area contributed by atoms with Crippen molar-refractivity contribution in [2.75, 3.05) is 27.2 Å². The largest absolute Gasteiger partial charge is 0.373 e. The van der Waals surface area contributed by atoms with Crippen LogP contribution in [0.2, 0.25) is 0 Å². The Labute approximate surface area is 120 Å². The summed E-state index contributed by atoms with van der Waals surface area (Å²) in [4.78, 5) is 2.33. The second-order valence-electron chi connectivity index (χ2n) is 6.58. The van der Waals surface area contributed by atoms with Crippen molar-refractivity contribution in [2.45, 2.75) is 77.2 Å². The Balaban J connectivity index is 1.94. The molecule has 1 heterocycles. The van der Waals surface area contributed by atoms with Gasteiger partial charge < -0.3 is 9.64 Å². The van der Waals surface area contributed by atoms with Gasteiger partial charge in [0.1, 0.15) is 0 Å². The summed E-state index contributed by atoms with van der Waals surface area (Å²) in [5.41, 5.74) is 0. The van der Waals surface area contributed by atoms with E-state index >= 15 is 0 Å². The van der Waals surface area contributed by atoms with Gasteiger partial charge >= 0.3 is 0 Å². The average molecular weight is 269 g/mol. The van der Waals surface area contributed by atoms with Gasteiger partial charge in [-0.3, -0.25) is 0 Å². The van der Waals surface area contributed by atoms with Crippen LogP contribution in [0.5, 0.6) is 0 Å². The highest BCUT2D eigenvalue weighted by Gasteiger charge is 2.26. The lowest BCUT2D eigenvalue weighted by atomic mass is 9.95. The fraction of sp³-hybridized carbons (Fsp3) is 1.00. The third-order valence-corrected chi connectivity index (χ3v) is 4.09. The SMILES string of the molecule is CCCCCCCCCCC(CC1CO1)CN(C)C. The monoisotopic (exact) mass is 269 g/mol. The molecular formula is C17H35NO. The summed E-state index contributed by atoms with van der Waals surface area (Å²) in [6, 6.07) is 0. The third kappa shape index (κ3) is 10.4. The van der Waals surface area contributed by atoms with Crippen LogP contribution in [-0.4, -0.2) is 38.3 Å². The highest BCUT2D eigenvalue weighted by atomic mass is 16.6. The lowest BCUT2D eigenvalue weighted by Crippen LogP contribution is -2.23. The van der Waals surface area contributed by atoms with Gasteiger partial charge in [-0.05, 0) is 32.9 Å². The third-order valence-electron chi connectivity index (χ3n) is 4.09. The van der Waals surface area contributed by atoms with Crippen LogP contribution in [0.4, 0.5) is 0 Å². The standard InChI is InChI=1S/C17H35NO/c1-4-5-6-7-8-9-10-11-12-16(14-18(2)3)13-17-15-19-17/h16-17H,4-15H2,1-3H3. The second kappa shape index (κ2) is 10.7. The molecule has 1 aliphatic rings. The number of ether oxygens (including phenoxy) is 1. The summed E-state index contributed by atoms with van der Waals surface area (Å²) < 4.78 is 5.38. The van der Waals surface area contributed by atoms with Crippen LogP contribution in [0, 0.1) is 5.92 Å². The summed E-state index contributed by atoms with van der Waals surface area (Å²) in [5, 5.41) is 0. The first-order chi connectivity index (χ1) is 9.22. The minimum Gasteiger partial charge on any atom is -0.373 e. The molecule has 2 unspecified atom stereocenters. The molecule has 0 radical (unpaired) electrons. The van der Waals surface area contributed by atoms with Gasteiger partial charge in [0, 0.05) is 6.54 Å².